The molecule has 1 rings (SSSR count). The molecular weight excluding hydrogens is 256 g/mol. The molecule has 5 heteroatoms. The van der Waals surface area contributed by atoms with Gasteiger partial charge in [-0.15, -0.1) is 0 Å². The average Bonchev–Trinajstić information content (AvgIpc) is 2.28. The van der Waals surface area contributed by atoms with Crippen molar-refractivity contribution in [3.8, 4) is 5.75 Å². The molecule has 0 bridgehead atoms. The summed E-state index contributed by atoms with van der Waals surface area (Å²) in [5.74, 6) is -1.03. The molecular formula is C13H13ClO4. The number of Topliss-reactive ketones (excluding diaryl/α,β-unsaturated/α-hetero) is 1. The molecule has 0 aliphatic heterocycles. The van der Waals surface area contributed by atoms with Crippen molar-refractivity contribution in [2.45, 2.75) is 20.0 Å². The number of halogens is 1. The van der Waals surface area contributed by atoms with Crippen molar-refractivity contribution in [1.29, 1.82) is 0 Å². The van der Waals surface area contributed by atoms with Gasteiger partial charge in [-0.3, -0.25) is 4.79 Å². The van der Waals surface area contributed by atoms with E-state index in [1.165, 1.54) is 25.1 Å². The number of benzene rings is 1. The van der Waals surface area contributed by atoms with Gasteiger partial charge in [-0.25, -0.2) is 4.79 Å². The number of carboxylic acid groups (broad SMARTS) is 1. The van der Waals surface area contributed by atoms with Crippen molar-refractivity contribution in [2.75, 3.05) is 0 Å². The van der Waals surface area contributed by atoms with Gasteiger partial charge in [0.1, 0.15) is 5.75 Å². The normalized spacial score (nSPS) is 11.7. The van der Waals surface area contributed by atoms with Crippen LogP contribution >= 0.6 is 11.6 Å². The van der Waals surface area contributed by atoms with E-state index in [-0.39, 0.29) is 10.8 Å². The van der Waals surface area contributed by atoms with E-state index in [0.717, 1.165) is 0 Å². The van der Waals surface area contributed by atoms with Crippen LogP contribution < -0.4 is 4.74 Å². The zero-order chi connectivity index (χ0) is 13.9. The first-order valence-corrected chi connectivity index (χ1v) is 5.60. The highest BCUT2D eigenvalue weighted by Crippen LogP contribution is 2.25. The van der Waals surface area contributed by atoms with Gasteiger partial charge in [0.2, 0.25) is 0 Å². The molecule has 0 saturated carbocycles. The number of hydrogen-bond acceptors (Lipinski definition) is 3. The molecule has 0 saturated heterocycles. The monoisotopic (exact) mass is 268 g/mol. The Kier molecular flexibility index (Phi) is 4.50. The van der Waals surface area contributed by atoms with Crippen LogP contribution in [0.5, 0.6) is 5.75 Å². The van der Waals surface area contributed by atoms with Gasteiger partial charge < -0.3 is 9.84 Å². The van der Waals surface area contributed by atoms with Crippen molar-refractivity contribution in [3.05, 3.63) is 40.9 Å². The van der Waals surface area contributed by atoms with Crippen LogP contribution in [0.15, 0.2) is 30.4 Å². The Labute approximate surface area is 110 Å². The third kappa shape index (κ3) is 3.34. The molecule has 0 aliphatic carbocycles. The summed E-state index contributed by atoms with van der Waals surface area (Å²) in [7, 11) is 0. The highest BCUT2D eigenvalue weighted by molar-refractivity contribution is 6.35. The van der Waals surface area contributed by atoms with Gasteiger partial charge in [0.25, 0.3) is 0 Å². The number of allylic oxidation sites excluding steroid dienone is 1. The first kappa shape index (κ1) is 14.3. The fourth-order valence-corrected chi connectivity index (χ4v) is 1.49. The lowest BCUT2D eigenvalue weighted by Crippen LogP contribution is -2.22. The summed E-state index contributed by atoms with van der Waals surface area (Å²) < 4.78 is 5.13. The maximum absolute atomic E-state index is 11.7. The summed E-state index contributed by atoms with van der Waals surface area (Å²) in [5, 5.41) is 8.91. The van der Waals surface area contributed by atoms with Crippen molar-refractivity contribution in [2.24, 2.45) is 0 Å². The Morgan fingerprint density at radius 2 is 2.06 bits per heavy atom. The topological polar surface area (TPSA) is 63.6 Å². The number of ether oxygens (including phenoxy) is 1. The zero-order valence-electron chi connectivity index (χ0n) is 10.1. The third-order valence-electron chi connectivity index (χ3n) is 2.23. The quantitative estimate of drug-likeness (QED) is 0.659. The Balaban J connectivity index is 2.96. The molecule has 0 radical (unpaired) electrons. The number of hydrogen-bond donors (Lipinski definition) is 1. The van der Waals surface area contributed by atoms with Crippen LogP contribution in [0.3, 0.4) is 0 Å². The first-order valence-electron chi connectivity index (χ1n) is 5.22. The van der Waals surface area contributed by atoms with Crippen LogP contribution in [0.2, 0.25) is 5.02 Å². The van der Waals surface area contributed by atoms with E-state index in [2.05, 4.69) is 6.58 Å². The predicted octanol–water partition coefficient (Wildman–Crippen LogP) is 2.95. The minimum atomic E-state index is -1.08. The molecule has 0 spiro atoms. The maximum Gasteiger partial charge on any atom is 0.344 e. The fourth-order valence-electron chi connectivity index (χ4n) is 1.24. The summed E-state index contributed by atoms with van der Waals surface area (Å²) in [6.07, 6.45) is -0.983. The van der Waals surface area contributed by atoms with Gasteiger partial charge in [0.05, 0.1) is 5.02 Å². The molecule has 0 fully saturated rings. The molecule has 1 unspecified atom stereocenters. The molecule has 0 aromatic heterocycles. The molecule has 4 nitrogen and oxygen atoms in total. The van der Waals surface area contributed by atoms with E-state index in [1.807, 2.05) is 0 Å². The standard InChI is InChI=1S/C13H13ClO4/c1-7(2)12(15)10-5-4-9(6-11(10)14)18-8(3)13(16)17/h4-6,8H,1H2,2-3H3,(H,16,17). The summed E-state index contributed by atoms with van der Waals surface area (Å²) >= 11 is 5.94. The summed E-state index contributed by atoms with van der Waals surface area (Å²) in [6, 6.07) is 4.40. The minimum absolute atomic E-state index is 0.207. The lowest BCUT2D eigenvalue weighted by atomic mass is 10.1. The van der Waals surface area contributed by atoms with Gasteiger partial charge >= 0.3 is 5.97 Å². The number of aliphatic carboxylic acids is 1. The van der Waals surface area contributed by atoms with Gasteiger partial charge in [0, 0.05) is 5.56 Å². The maximum atomic E-state index is 11.7. The number of carbonyl (C=O) groups is 2. The highest BCUT2D eigenvalue weighted by atomic mass is 35.5. The molecule has 1 atom stereocenters. The molecule has 0 aliphatic rings. The summed E-state index contributed by atoms with van der Waals surface area (Å²) in [6.45, 7) is 6.55. The third-order valence-corrected chi connectivity index (χ3v) is 2.55. The van der Waals surface area contributed by atoms with E-state index in [4.69, 9.17) is 21.4 Å². The van der Waals surface area contributed by atoms with E-state index in [1.54, 1.807) is 6.92 Å². The molecule has 1 N–H and O–H groups in total. The number of carbonyl (C=O) groups excluding carboxylic acids is 1. The SMILES string of the molecule is C=C(C)C(=O)c1ccc(OC(C)C(=O)O)cc1Cl. The van der Waals surface area contributed by atoms with E-state index in [9.17, 15) is 9.59 Å². The van der Waals surface area contributed by atoms with Gasteiger partial charge in [0.15, 0.2) is 11.9 Å². The molecule has 18 heavy (non-hydrogen) atoms. The van der Waals surface area contributed by atoms with E-state index in [0.29, 0.717) is 16.9 Å². The zero-order valence-corrected chi connectivity index (χ0v) is 10.8. The highest BCUT2D eigenvalue weighted by Gasteiger charge is 2.15. The first-order chi connectivity index (χ1) is 8.32. The van der Waals surface area contributed by atoms with Crippen LogP contribution in [-0.4, -0.2) is 23.0 Å². The Morgan fingerprint density at radius 3 is 2.50 bits per heavy atom. The van der Waals surface area contributed by atoms with Crippen LogP contribution in [0.1, 0.15) is 24.2 Å². The Hall–Kier alpha value is -1.81. The summed E-state index contributed by atoms with van der Waals surface area (Å²) in [5.41, 5.74) is 0.698. The number of rotatable bonds is 5. The van der Waals surface area contributed by atoms with Crippen LogP contribution in [-0.2, 0) is 4.79 Å². The minimum Gasteiger partial charge on any atom is -0.479 e. The lowest BCUT2D eigenvalue weighted by Gasteiger charge is -2.11. The van der Waals surface area contributed by atoms with Crippen molar-refractivity contribution in [3.63, 3.8) is 0 Å². The Morgan fingerprint density at radius 1 is 1.44 bits per heavy atom. The largest absolute Gasteiger partial charge is 0.479 e. The van der Waals surface area contributed by atoms with Gasteiger partial charge in [-0.05, 0) is 37.6 Å². The lowest BCUT2D eigenvalue weighted by molar-refractivity contribution is -0.144. The second-order valence-electron chi connectivity index (χ2n) is 3.85. The molecule has 1 aromatic rings. The van der Waals surface area contributed by atoms with E-state index >= 15 is 0 Å². The number of ketones is 1. The van der Waals surface area contributed by atoms with E-state index < -0.39 is 12.1 Å². The average molecular weight is 269 g/mol. The fraction of sp³-hybridized carbons (Fsp3) is 0.231. The van der Waals surface area contributed by atoms with Crippen LogP contribution in [0.4, 0.5) is 0 Å². The molecule has 96 valence electrons. The predicted molar refractivity (Wildman–Crippen MR) is 68.3 cm³/mol. The van der Waals surface area contributed by atoms with Crippen LogP contribution in [0.25, 0.3) is 0 Å². The van der Waals surface area contributed by atoms with Gasteiger partial charge in [-0.2, -0.15) is 0 Å². The molecule has 0 heterocycles. The molecule has 1 aromatic carbocycles. The second kappa shape index (κ2) is 5.69. The van der Waals surface area contributed by atoms with Gasteiger partial charge in [-0.1, -0.05) is 18.2 Å². The van der Waals surface area contributed by atoms with Crippen molar-refractivity contribution >= 4 is 23.4 Å². The van der Waals surface area contributed by atoms with Crippen molar-refractivity contribution in [1.82, 2.24) is 0 Å². The van der Waals surface area contributed by atoms with Crippen LogP contribution in [0, 0.1) is 0 Å². The molecule has 0 amide bonds. The number of carboxylic acids is 1. The second-order valence-corrected chi connectivity index (χ2v) is 4.26. The Bertz CT molecular complexity index is 508. The smallest absolute Gasteiger partial charge is 0.344 e. The summed E-state index contributed by atoms with van der Waals surface area (Å²) in [4.78, 5) is 22.3. The van der Waals surface area contributed by atoms with Crippen molar-refractivity contribution < 1.29 is 19.4 Å².